The van der Waals surface area contributed by atoms with Gasteiger partial charge in [0.2, 0.25) is 0 Å². The van der Waals surface area contributed by atoms with Gasteiger partial charge in [0.05, 0.1) is 12.6 Å². The zero-order valence-electron chi connectivity index (χ0n) is 12.3. The molecular weight excluding hydrogens is 275 g/mol. The number of hydrogen-bond acceptors (Lipinski definition) is 3. The zero-order chi connectivity index (χ0) is 15.8. The molecule has 0 amide bonds. The van der Waals surface area contributed by atoms with Crippen LogP contribution in [0.25, 0.3) is 11.3 Å². The standard InChI is InChI=1S/C15H17FN2O3/c1-15(2,3)18-8-10(14(19)20)13(17-18)9-5-6-12(21-4)11(16)7-9/h5-8H,1-4H3,(H,19,20). The molecule has 0 radical (unpaired) electrons. The number of rotatable bonds is 3. The molecule has 1 N–H and O–H groups in total. The van der Waals surface area contributed by atoms with Crippen molar-refractivity contribution >= 4 is 5.97 Å². The van der Waals surface area contributed by atoms with Crippen molar-refractivity contribution in [2.75, 3.05) is 7.11 Å². The van der Waals surface area contributed by atoms with Crippen molar-refractivity contribution in [2.45, 2.75) is 26.3 Å². The Kier molecular flexibility index (Phi) is 3.72. The van der Waals surface area contributed by atoms with Crippen molar-refractivity contribution in [3.8, 4) is 17.0 Å². The molecule has 5 nitrogen and oxygen atoms in total. The number of carboxylic acids is 1. The lowest BCUT2D eigenvalue weighted by molar-refractivity contribution is 0.0697. The third kappa shape index (κ3) is 2.89. The molecule has 0 aliphatic rings. The molecule has 0 atom stereocenters. The molecule has 0 bridgehead atoms. The van der Waals surface area contributed by atoms with Gasteiger partial charge in [-0.1, -0.05) is 0 Å². The molecule has 0 saturated heterocycles. The Morgan fingerprint density at radius 2 is 2.05 bits per heavy atom. The minimum absolute atomic E-state index is 0.0366. The molecular formula is C15H17FN2O3. The van der Waals surface area contributed by atoms with Gasteiger partial charge in [0.1, 0.15) is 11.3 Å². The summed E-state index contributed by atoms with van der Waals surface area (Å²) in [7, 11) is 1.37. The number of benzene rings is 1. The highest BCUT2D eigenvalue weighted by molar-refractivity contribution is 5.94. The minimum atomic E-state index is -1.10. The van der Waals surface area contributed by atoms with E-state index in [9.17, 15) is 14.3 Å². The lowest BCUT2D eigenvalue weighted by Crippen LogP contribution is -2.22. The van der Waals surface area contributed by atoms with E-state index in [4.69, 9.17) is 4.74 Å². The molecule has 21 heavy (non-hydrogen) atoms. The summed E-state index contributed by atoms with van der Waals surface area (Å²) in [4.78, 5) is 11.4. The number of aromatic nitrogens is 2. The first-order valence-corrected chi connectivity index (χ1v) is 6.41. The van der Waals surface area contributed by atoms with E-state index in [0.29, 0.717) is 5.56 Å². The Morgan fingerprint density at radius 1 is 1.38 bits per heavy atom. The molecule has 0 saturated carbocycles. The molecule has 0 spiro atoms. The highest BCUT2D eigenvalue weighted by Gasteiger charge is 2.23. The number of carbonyl (C=O) groups is 1. The number of nitrogens with zero attached hydrogens (tertiary/aromatic N) is 2. The quantitative estimate of drug-likeness (QED) is 0.943. The summed E-state index contributed by atoms with van der Waals surface area (Å²) in [6.45, 7) is 5.72. The van der Waals surface area contributed by atoms with Crippen molar-refractivity contribution in [1.29, 1.82) is 0 Å². The largest absolute Gasteiger partial charge is 0.494 e. The van der Waals surface area contributed by atoms with E-state index in [2.05, 4.69) is 5.10 Å². The van der Waals surface area contributed by atoms with Crippen LogP contribution < -0.4 is 4.74 Å². The van der Waals surface area contributed by atoms with Crippen molar-refractivity contribution in [3.05, 3.63) is 35.8 Å². The van der Waals surface area contributed by atoms with E-state index >= 15 is 0 Å². The van der Waals surface area contributed by atoms with Crippen LogP contribution in [0.5, 0.6) is 5.75 Å². The van der Waals surface area contributed by atoms with Gasteiger partial charge >= 0.3 is 5.97 Å². The molecule has 1 aromatic heterocycles. The molecule has 0 unspecified atom stereocenters. The third-order valence-electron chi connectivity index (χ3n) is 3.06. The Bertz CT molecular complexity index is 687. The van der Waals surface area contributed by atoms with E-state index in [-0.39, 0.29) is 22.5 Å². The number of halogens is 1. The van der Waals surface area contributed by atoms with Gasteiger partial charge in [-0.3, -0.25) is 4.68 Å². The predicted octanol–water partition coefficient (Wildman–Crippen LogP) is 3.15. The van der Waals surface area contributed by atoms with Crippen LogP contribution in [0.4, 0.5) is 4.39 Å². The van der Waals surface area contributed by atoms with Gasteiger partial charge in [0, 0.05) is 11.8 Å². The van der Waals surface area contributed by atoms with Crippen molar-refractivity contribution in [2.24, 2.45) is 0 Å². The first-order chi connectivity index (χ1) is 9.74. The molecule has 6 heteroatoms. The van der Waals surface area contributed by atoms with Crippen molar-refractivity contribution < 1.29 is 19.0 Å². The van der Waals surface area contributed by atoms with Gasteiger partial charge in [0.15, 0.2) is 11.6 Å². The monoisotopic (exact) mass is 292 g/mol. The fraction of sp³-hybridized carbons (Fsp3) is 0.333. The number of carboxylic acid groups (broad SMARTS) is 1. The summed E-state index contributed by atoms with van der Waals surface area (Å²) in [5.41, 5.74) is 0.301. The number of ether oxygens (including phenoxy) is 1. The van der Waals surface area contributed by atoms with Gasteiger partial charge in [-0.05, 0) is 39.0 Å². The number of methoxy groups -OCH3 is 1. The molecule has 1 heterocycles. The lowest BCUT2D eigenvalue weighted by Gasteiger charge is -2.18. The second-order valence-electron chi connectivity index (χ2n) is 5.66. The van der Waals surface area contributed by atoms with Gasteiger partial charge in [-0.15, -0.1) is 0 Å². The Morgan fingerprint density at radius 3 is 2.52 bits per heavy atom. The average Bonchev–Trinajstić information content (AvgIpc) is 2.83. The van der Waals surface area contributed by atoms with Crippen LogP contribution in [0, 0.1) is 5.82 Å². The summed E-state index contributed by atoms with van der Waals surface area (Å²) in [5, 5.41) is 13.6. The van der Waals surface area contributed by atoms with Crippen LogP contribution in [0.15, 0.2) is 24.4 Å². The minimum Gasteiger partial charge on any atom is -0.494 e. The van der Waals surface area contributed by atoms with Crippen LogP contribution >= 0.6 is 0 Å². The van der Waals surface area contributed by atoms with Crippen LogP contribution in [-0.4, -0.2) is 28.0 Å². The summed E-state index contributed by atoms with van der Waals surface area (Å²) in [5.74, 6) is -1.56. The Hall–Kier alpha value is -2.37. The zero-order valence-corrected chi connectivity index (χ0v) is 12.3. The summed E-state index contributed by atoms with van der Waals surface area (Å²) in [6.07, 6.45) is 1.46. The van der Waals surface area contributed by atoms with E-state index in [0.717, 1.165) is 0 Å². The molecule has 2 rings (SSSR count). The average molecular weight is 292 g/mol. The third-order valence-corrected chi connectivity index (χ3v) is 3.06. The molecule has 0 aliphatic carbocycles. The molecule has 0 fully saturated rings. The Labute approximate surface area is 122 Å². The summed E-state index contributed by atoms with van der Waals surface area (Å²) >= 11 is 0. The van der Waals surface area contributed by atoms with E-state index in [1.54, 1.807) is 10.7 Å². The summed E-state index contributed by atoms with van der Waals surface area (Å²) < 4.78 is 20.2. The van der Waals surface area contributed by atoms with Crippen LogP contribution in [0.3, 0.4) is 0 Å². The first-order valence-electron chi connectivity index (χ1n) is 6.41. The first kappa shape index (κ1) is 15.0. The number of aromatic carboxylic acids is 1. The van der Waals surface area contributed by atoms with Crippen LogP contribution in [-0.2, 0) is 5.54 Å². The van der Waals surface area contributed by atoms with Crippen molar-refractivity contribution in [3.63, 3.8) is 0 Å². The SMILES string of the molecule is COc1ccc(-c2nn(C(C)(C)C)cc2C(=O)O)cc1F. The van der Waals surface area contributed by atoms with Gasteiger partial charge in [0.25, 0.3) is 0 Å². The molecule has 112 valence electrons. The number of hydrogen-bond donors (Lipinski definition) is 1. The van der Waals surface area contributed by atoms with Gasteiger partial charge < -0.3 is 9.84 Å². The van der Waals surface area contributed by atoms with Gasteiger partial charge in [-0.25, -0.2) is 9.18 Å². The molecule has 2 aromatic rings. The maximum Gasteiger partial charge on any atom is 0.339 e. The maximum atomic E-state index is 13.8. The fourth-order valence-corrected chi connectivity index (χ4v) is 1.90. The second kappa shape index (κ2) is 5.20. The van der Waals surface area contributed by atoms with E-state index < -0.39 is 11.8 Å². The molecule has 0 aliphatic heterocycles. The fourth-order valence-electron chi connectivity index (χ4n) is 1.90. The van der Waals surface area contributed by atoms with Crippen LogP contribution in [0.2, 0.25) is 0 Å². The van der Waals surface area contributed by atoms with Crippen molar-refractivity contribution in [1.82, 2.24) is 9.78 Å². The highest BCUT2D eigenvalue weighted by atomic mass is 19.1. The normalized spacial score (nSPS) is 11.5. The predicted molar refractivity (Wildman–Crippen MR) is 76.1 cm³/mol. The topological polar surface area (TPSA) is 64.4 Å². The van der Waals surface area contributed by atoms with Gasteiger partial charge in [-0.2, -0.15) is 5.10 Å². The van der Waals surface area contributed by atoms with E-state index in [1.165, 1.54) is 25.4 Å². The smallest absolute Gasteiger partial charge is 0.339 e. The highest BCUT2D eigenvalue weighted by Crippen LogP contribution is 2.28. The lowest BCUT2D eigenvalue weighted by atomic mass is 10.1. The van der Waals surface area contributed by atoms with Crippen LogP contribution in [0.1, 0.15) is 31.1 Å². The second-order valence-corrected chi connectivity index (χ2v) is 5.66. The molecule has 1 aromatic carbocycles. The summed E-state index contributed by atoms with van der Waals surface area (Å²) in [6, 6.07) is 4.26. The maximum absolute atomic E-state index is 13.8. The van der Waals surface area contributed by atoms with E-state index in [1.807, 2.05) is 20.8 Å². The Balaban J connectivity index is 2.60.